The number of rotatable bonds is 14. The van der Waals surface area contributed by atoms with E-state index in [4.69, 9.17) is 34.0 Å². The van der Waals surface area contributed by atoms with Crippen LogP contribution in [0.4, 0.5) is 4.39 Å². The van der Waals surface area contributed by atoms with E-state index in [1.54, 1.807) is 13.2 Å². The van der Waals surface area contributed by atoms with Gasteiger partial charge in [0, 0.05) is 35.9 Å². The van der Waals surface area contributed by atoms with Crippen molar-refractivity contribution < 1.29 is 23.3 Å². The third kappa shape index (κ3) is 8.16. The number of halogens is 1. The number of hydrogen-bond acceptors (Lipinski definition) is 7. The Labute approximate surface area is 391 Å². The molecule has 9 heteroatoms. The first-order chi connectivity index (χ1) is 32.4. The van der Waals surface area contributed by atoms with Gasteiger partial charge in [0.05, 0.1) is 17.0 Å². The summed E-state index contributed by atoms with van der Waals surface area (Å²) in [7, 11) is 1.64. The molecule has 1 fully saturated rings. The normalized spacial score (nSPS) is 14.1. The highest BCUT2D eigenvalue weighted by atomic mass is 19.1. The Balaban J connectivity index is 1.31. The first-order valence-electron chi connectivity index (χ1n) is 23.2. The molecule has 9 aromatic rings. The number of ether oxygens (including phenoxy) is 4. The van der Waals surface area contributed by atoms with Crippen LogP contribution in [-0.2, 0) is 10.3 Å². The van der Waals surface area contributed by atoms with E-state index in [1.165, 1.54) is 0 Å². The molecule has 8 nitrogen and oxygen atoms in total. The number of aromatic nitrogens is 4. The second kappa shape index (κ2) is 17.6. The molecule has 0 spiro atoms. The first-order valence-corrected chi connectivity index (χ1v) is 23.2. The van der Waals surface area contributed by atoms with Gasteiger partial charge in [0.1, 0.15) is 35.2 Å². The van der Waals surface area contributed by atoms with Crippen molar-refractivity contribution in [2.24, 2.45) is 0 Å². The summed E-state index contributed by atoms with van der Waals surface area (Å²) in [5.41, 5.74) is 6.45. The number of methoxy groups -OCH3 is 1. The fraction of sp³-hybridized carbons (Fsp3) is 0.259. The lowest BCUT2D eigenvalue weighted by atomic mass is 9.77. The molecule has 338 valence electrons. The maximum absolute atomic E-state index is 17.1. The molecule has 2 atom stereocenters. The Hall–Kier alpha value is -7.10. The SMILES string of the molecule is CO[C@@H](C)COc1nc(OC(C)(C)C)c2cc(C3CC3)c(-c3c(C)c(F)cc4nn(C(c5ccccc5)(c5ccccc5)c5ccccc5)cc34)c(O[C@@H](C)c3cccc4ccccc34)c2n1. The Bertz CT molecular complexity index is 3140. The molecule has 1 aliphatic rings. The second-order valence-corrected chi connectivity index (χ2v) is 18.7. The fourth-order valence-electron chi connectivity index (χ4n) is 9.50. The average molecular weight is 891 g/mol. The van der Waals surface area contributed by atoms with E-state index in [-0.39, 0.29) is 30.5 Å². The van der Waals surface area contributed by atoms with Crippen LogP contribution in [0.15, 0.2) is 152 Å². The molecule has 0 radical (unpaired) electrons. The van der Waals surface area contributed by atoms with Crippen molar-refractivity contribution in [3.63, 3.8) is 0 Å². The zero-order chi connectivity index (χ0) is 46.5. The summed E-state index contributed by atoms with van der Waals surface area (Å²) < 4.78 is 45.1. The quantitative estimate of drug-likeness (QED) is 0.101. The number of nitrogens with zero attached hydrogens (tertiary/aromatic N) is 4. The first kappa shape index (κ1) is 43.8. The van der Waals surface area contributed by atoms with Gasteiger partial charge in [-0.25, -0.2) is 4.39 Å². The van der Waals surface area contributed by atoms with Gasteiger partial charge >= 0.3 is 6.01 Å². The molecule has 2 aromatic heterocycles. The molecule has 0 N–H and O–H groups in total. The van der Waals surface area contributed by atoms with Gasteiger partial charge in [-0.15, -0.1) is 0 Å². The minimum absolute atomic E-state index is 0.121. The van der Waals surface area contributed by atoms with Crippen LogP contribution in [0.3, 0.4) is 0 Å². The Kier molecular flexibility index (Phi) is 11.5. The minimum Gasteiger partial charge on any atom is -0.483 e. The van der Waals surface area contributed by atoms with E-state index in [9.17, 15) is 0 Å². The van der Waals surface area contributed by atoms with Crippen LogP contribution in [0.1, 0.15) is 92.9 Å². The van der Waals surface area contributed by atoms with Crippen molar-refractivity contribution in [1.82, 2.24) is 19.7 Å². The van der Waals surface area contributed by atoms with Gasteiger partial charge in [0.15, 0.2) is 5.75 Å². The zero-order valence-electron chi connectivity index (χ0n) is 39.1. The van der Waals surface area contributed by atoms with Gasteiger partial charge in [-0.05, 0) is 111 Å². The largest absolute Gasteiger partial charge is 0.483 e. The lowest BCUT2D eigenvalue weighted by Gasteiger charge is -2.36. The van der Waals surface area contributed by atoms with Crippen LogP contribution in [0, 0.1) is 12.7 Å². The van der Waals surface area contributed by atoms with Crippen molar-refractivity contribution in [2.45, 2.75) is 83.6 Å². The third-order valence-corrected chi connectivity index (χ3v) is 12.9. The molecule has 0 aliphatic heterocycles. The van der Waals surface area contributed by atoms with E-state index in [1.807, 2.05) is 69.6 Å². The van der Waals surface area contributed by atoms with Crippen molar-refractivity contribution in [1.29, 1.82) is 0 Å². The Morgan fingerprint density at radius 1 is 0.716 bits per heavy atom. The molecule has 1 saturated carbocycles. The number of hydrogen-bond donors (Lipinski definition) is 0. The molecular formula is C58H55FN4O4. The standard InChI is InChI=1S/C58H55FN4O4/c1-36(64-7)35-65-56-60-53-47(55(61-56)67-57(4,5)6)32-46(40-30-31-40)52(54(53)66-38(3)44-29-19-21-39-20-17-18-28-45(39)44)51-37(2)49(59)33-50-48(51)34-63(62-50)58(41-22-11-8-12-23-41,42-24-13-9-14-25-42)43-26-15-10-16-27-43/h8-29,32-34,36,38,40H,30-31,35H2,1-7H3/t36-,38-/m0/s1. The van der Waals surface area contributed by atoms with Crippen LogP contribution in [0.25, 0.3) is 43.7 Å². The zero-order valence-corrected chi connectivity index (χ0v) is 39.1. The summed E-state index contributed by atoms with van der Waals surface area (Å²) in [5.74, 6) is 0.666. The molecule has 0 saturated heterocycles. The van der Waals surface area contributed by atoms with Gasteiger partial charge in [-0.3, -0.25) is 4.68 Å². The lowest BCUT2D eigenvalue weighted by molar-refractivity contribution is 0.0668. The van der Waals surface area contributed by atoms with Crippen molar-refractivity contribution in [3.05, 3.63) is 191 Å². The summed E-state index contributed by atoms with van der Waals surface area (Å²) >= 11 is 0. The molecule has 67 heavy (non-hydrogen) atoms. The average Bonchev–Trinajstić information content (AvgIpc) is 4.11. The molecule has 0 amide bonds. The van der Waals surface area contributed by atoms with E-state index < -0.39 is 17.2 Å². The van der Waals surface area contributed by atoms with Crippen LogP contribution in [0.2, 0.25) is 0 Å². The molecule has 0 unspecified atom stereocenters. The van der Waals surface area contributed by atoms with E-state index in [2.05, 4.69) is 122 Å². The van der Waals surface area contributed by atoms with Gasteiger partial charge in [-0.2, -0.15) is 15.1 Å². The monoisotopic (exact) mass is 890 g/mol. The topological polar surface area (TPSA) is 80.5 Å². The molecule has 0 bridgehead atoms. The van der Waals surface area contributed by atoms with Crippen LogP contribution >= 0.6 is 0 Å². The third-order valence-electron chi connectivity index (χ3n) is 12.9. The van der Waals surface area contributed by atoms with Crippen molar-refractivity contribution in [3.8, 4) is 28.8 Å². The van der Waals surface area contributed by atoms with Crippen molar-refractivity contribution in [2.75, 3.05) is 13.7 Å². The summed E-state index contributed by atoms with van der Waals surface area (Å²) in [4.78, 5) is 10.1. The van der Waals surface area contributed by atoms with Crippen molar-refractivity contribution >= 4 is 32.6 Å². The number of benzene rings is 7. The van der Waals surface area contributed by atoms with Crippen LogP contribution < -0.4 is 14.2 Å². The molecule has 1 aliphatic carbocycles. The fourth-order valence-corrected chi connectivity index (χ4v) is 9.50. The maximum atomic E-state index is 17.1. The molecule has 10 rings (SSSR count). The highest BCUT2D eigenvalue weighted by molar-refractivity contribution is 6.05. The second-order valence-electron chi connectivity index (χ2n) is 18.7. The van der Waals surface area contributed by atoms with Crippen LogP contribution in [-0.4, -0.2) is 45.2 Å². The maximum Gasteiger partial charge on any atom is 0.320 e. The van der Waals surface area contributed by atoms with Gasteiger partial charge < -0.3 is 18.9 Å². The van der Waals surface area contributed by atoms with E-state index >= 15 is 4.39 Å². The lowest BCUT2D eigenvalue weighted by Crippen LogP contribution is -2.38. The molecular weight excluding hydrogens is 836 g/mol. The Morgan fingerprint density at radius 2 is 1.33 bits per heavy atom. The minimum atomic E-state index is -0.937. The predicted molar refractivity (Wildman–Crippen MR) is 265 cm³/mol. The summed E-state index contributed by atoms with van der Waals surface area (Å²) in [6.07, 6.45) is 3.31. The predicted octanol–water partition coefficient (Wildman–Crippen LogP) is 13.7. The van der Waals surface area contributed by atoms with Gasteiger partial charge in [-0.1, -0.05) is 133 Å². The summed E-state index contributed by atoms with van der Waals surface area (Å²) in [6, 6.07) is 49.7. The number of fused-ring (bicyclic) bond motifs is 3. The molecule has 2 heterocycles. The smallest absolute Gasteiger partial charge is 0.320 e. The van der Waals surface area contributed by atoms with Gasteiger partial charge in [0.25, 0.3) is 0 Å². The highest BCUT2D eigenvalue weighted by Gasteiger charge is 2.41. The van der Waals surface area contributed by atoms with E-state index in [0.717, 1.165) is 62.4 Å². The highest BCUT2D eigenvalue weighted by Crippen LogP contribution is 2.54. The Morgan fingerprint density at radius 3 is 1.94 bits per heavy atom. The van der Waals surface area contributed by atoms with E-state index in [0.29, 0.717) is 39.2 Å². The summed E-state index contributed by atoms with van der Waals surface area (Å²) in [6.45, 7) is 12.0. The van der Waals surface area contributed by atoms with Crippen LogP contribution in [0.5, 0.6) is 17.6 Å². The van der Waals surface area contributed by atoms with Gasteiger partial charge in [0.2, 0.25) is 5.88 Å². The molecule has 7 aromatic carbocycles. The summed E-state index contributed by atoms with van der Waals surface area (Å²) in [5, 5.41) is 9.05.